The molecule has 0 bridgehead atoms. The molecular weight excluding hydrogens is 430 g/mol. The second-order valence-corrected chi connectivity index (χ2v) is 9.85. The molecule has 1 aliphatic carbocycles. The first-order valence-electron chi connectivity index (χ1n) is 12.3. The van der Waals surface area contributed by atoms with Gasteiger partial charge in [0.15, 0.2) is 5.84 Å². The Bertz CT molecular complexity index is 1090. The predicted octanol–water partition coefficient (Wildman–Crippen LogP) is 2.69. The molecule has 8 nitrogen and oxygen atoms in total. The number of benzene rings is 2. The van der Waals surface area contributed by atoms with Crippen LogP contribution in [0.15, 0.2) is 35.4 Å². The maximum atomic E-state index is 10.8. The summed E-state index contributed by atoms with van der Waals surface area (Å²) in [5.74, 6) is 0.764. The third-order valence-electron chi connectivity index (χ3n) is 7.20. The Morgan fingerprint density at radius 3 is 2.74 bits per heavy atom. The molecule has 0 spiro atoms. The van der Waals surface area contributed by atoms with Crippen LogP contribution in [-0.4, -0.2) is 66.6 Å². The van der Waals surface area contributed by atoms with E-state index >= 15 is 0 Å². The van der Waals surface area contributed by atoms with Crippen LogP contribution in [0.5, 0.6) is 11.5 Å². The van der Waals surface area contributed by atoms with Crippen molar-refractivity contribution in [3.63, 3.8) is 0 Å². The highest BCUT2D eigenvalue weighted by molar-refractivity contribution is 6.12. The molecule has 8 heteroatoms. The molecule has 182 valence electrons. The molecule has 5 rings (SSSR count). The summed E-state index contributed by atoms with van der Waals surface area (Å²) in [7, 11) is 2.12. The lowest BCUT2D eigenvalue weighted by molar-refractivity contribution is 0.00154. The van der Waals surface area contributed by atoms with Crippen LogP contribution >= 0.6 is 0 Å². The number of aromatic hydroxyl groups is 2. The maximum Gasteiger partial charge on any atom is 0.228 e. The zero-order chi connectivity index (χ0) is 23.8. The molecule has 2 aromatic carbocycles. The number of aryl methyl sites for hydroxylation is 2. The van der Waals surface area contributed by atoms with Crippen molar-refractivity contribution in [2.45, 2.75) is 51.4 Å². The lowest BCUT2D eigenvalue weighted by atomic mass is 9.98. The van der Waals surface area contributed by atoms with Gasteiger partial charge in [-0.3, -0.25) is 15.2 Å². The van der Waals surface area contributed by atoms with Crippen LogP contribution in [0.4, 0.5) is 5.69 Å². The standard InChI is InChI=1S/C26H35N5O3/c1-16(2)21-12-22(24(33)13-23(21)32)25-28-29-26(34-15-20-14-27-9-10-30(20)3)31(25)19-8-7-17-5-4-6-18(17)11-19/h7-8,11-13,16,20,26-27,29,32-33H,4-6,9-10,14-15H2,1-3H3. The summed E-state index contributed by atoms with van der Waals surface area (Å²) in [6.07, 6.45) is 2.87. The van der Waals surface area contributed by atoms with Gasteiger partial charge in [-0.2, -0.15) is 5.10 Å². The molecule has 3 aliphatic rings. The number of fused-ring (bicyclic) bond motifs is 1. The van der Waals surface area contributed by atoms with Crippen LogP contribution < -0.4 is 15.6 Å². The number of likely N-dealkylation sites (N-methyl/N-ethyl adjacent to an activating group) is 1. The average Bonchev–Trinajstić information content (AvgIpc) is 3.44. The van der Waals surface area contributed by atoms with E-state index in [2.05, 4.69) is 46.0 Å². The topological polar surface area (TPSA) is 92.6 Å². The smallest absolute Gasteiger partial charge is 0.228 e. The van der Waals surface area contributed by atoms with Gasteiger partial charge in [0.1, 0.15) is 11.5 Å². The number of hydrogen-bond donors (Lipinski definition) is 4. The zero-order valence-corrected chi connectivity index (χ0v) is 20.2. The van der Waals surface area contributed by atoms with E-state index in [4.69, 9.17) is 4.74 Å². The summed E-state index contributed by atoms with van der Waals surface area (Å²) >= 11 is 0. The van der Waals surface area contributed by atoms with Crippen LogP contribution in [0.25, 0.3) is 0 Å². The molecule has 0 aromatic heterocycles. The molecule has 1 fully saturated rings. The van der Waals surface area contributed by atoms with Crippen LogP contribution in [-0.2, 0) is 17.6 Å². The van der Waals surface area contributed by atoms with Gasteiger partial charge in [-0.25, -0.2) is 0 Å². The maximum absolute atomic E-state index is 10.8. The minimum absolute atomic E-state index is 0.00882. The van der Waals surface area contributed by atoms with Gasteiger partial charge in [0.25, 0.3) is 0 Å². The Morgan fingerprint density at radius 2 is 1.94 bits per heavy atom. The number of phenolic OH excluding ortho intramolecular Hbond substituents is 2. The van der Waals surface area contributed by atoms with Crippen molar-refractivity contribution in [2.24, 2.45) is 5.10 Å². The number of nitrogens with zero attached hydrogens (tertiary/aromatic N) is 3. The predicted molar refractivity (Wildman–Crippen MR) is 134 cm³/mol. The number of rotatable bonds is 6. The van der Waals surface area contributed by atoms with Gasteiger partial charge in [-0.05, 0) is 67.1 Å². The first-order chi connectivity index (χ1) is 16.4. The Hall–Kier alpha value is -2.81. The Kier molecular flexibility index (Phi) is 6.38. The third kappa shape index (κ3) is 4.33. The molecule has 0 amide bonds. The summed E-state index contributed by atoms with van der Waals surface area (Å²) in [6.45, 7) is 7.44. The minimum atomic E-state index is -0.500. The molecular formula is C26H35N5O3. The number of hydrazone groups is 1. The van der Waals surface area contributed by atoms with E-state index in [9.17, 15) is 10.2 Å². The van der Waals surface area contributed by atoms with E-state index in [-0.39, 0.29) is 23.5 Å². The van der Waals surface area contributed by atoms with Crippen molar-refractivity contribution in [3.8, 4) is 11.5 Å². The van der Waals surface area contributed by atoms with E-state index in [0.29, 0.717) is 18.0 Å². The van der Waals surface area contributed by atoms with E-state index in [0.717, 1.165) is 43.7 Å². The Labute approximate surface area is 201 Å². The van der Waals surface area contributed by atoms with Crippen LogP contribution in [0, 0.1) is 0 Å². The molecule has 1 saturated heterocycles. The van der Waals surface area contributed by atoms with Crippen molar-refractivity contribution in [1.82, 2.24) is 15.6 Å². The van der Waals surface area contributed by atoms with Gasteiger partial charge >= 0.3 is 0 Å². The van der Waals surface area contributed by atoms with Crippen molar-refractivity contribution < 1.29 is 14.9 Å². The second-order valence-electron chi connectivity index (χ2n) is 9.85. The molecule has 34 heavy (non-hydrogen) atoms. The van der Waals surface area contributed by atoms with Crippen LogP contribution in [0.2, 0.25) is 0 Å². The zero-order valence-electron chi connectivity index (χ0n) is 20.2. The number of ether oxygens (including phenoxy) is 1. The van der Waals surface area contributed by atoms with Crippen molar-refractivity contribution in [3.05, 3.63) is 52.6 Å². The molecule has 2 atom stereocenters. The number of nitrogens with one attached hydrogen (secondary N) is 2. The molecule has 0 radical (unpaired) electrons. The summed E-state index contributed by atoms with van der Waals surface area (Å²) in [5, 5.41) is 29.2. The molecule has 0 saturated carbocycles. The van der Waals surface area contributed by atoms with Gasteiger partial charge in [-0.15, -0.1) is 0 Å². The molecule has 4 N–H and O–H groups in total. The van der Waals surface area contributed by atoms with Crippen molar-refractivity contribution >= 4 is 11.5 Å². The third-order valence-corrected chi connectivity index (χ3v) is 7.20. The Balaban J connectivity index is 1.48. The first-order valence-corrected chi connectivity index (χ1v) is 12.3. The second kappa shape index (κ2) is 9.44. The van der Waals surface area contributed by atoms with Crippen LogP contribution in [0.1, 0.15) is 48.4 Å². The van der Waals surface area contributed by atoms with E-state index in [1.807, 2.05) is 24.8 Å². The summed E-state index contributed by atoms with van der Waals surface area (Å²) < 4.78 is 6.38. The highest BCUT2D eigenvalue weighted by Crippen LogP contribution is 2.36. The van der Waals surface area contributed by atoms with Crippen LogP contribution in [0.3, 0.4) is 0 Å². The largest absolute Gasteiger partial charge is 0.508 e. The van der Waals surface area contributed by atoms with E-state index in [1.165, 1.54) is 23.6 Å². The lowest BCUT2D eigenvalue weighted by Gasteiger charge is -2.35. The van der Waals surface area contributed by atoms with Gasteiger partial charge in [0.2, 0.25) is 6.35 Å². The number of amidine groups is 1. The lowest BCUT2D eigenvalue weighted by Crippen LogP contribution is -2.53. The highest BCUT2D eigenvalue weighted by Gasteiger charge is 2.34. The highest BCUT2D eigenvalue weighted by atomic mass is 16.5. The fourth-order valence-electron chi connectivity index (χ4n) is 5.09. The minimum Gasteiger partial charge on any atom is -0.508 e. The SMILES string of the molecule is CC(C)c1cc(C2=NNC(OCC3CNCCN3C)N2c2ccc3c(c2)CCC3)c(O)cc1O. The Morgan fingerprint density at radius 1 is 1.12 bits per heavy atom. The van der Waals surface area contributed by atoms with Gasteiger partial charge in [0, 0.05) is 37.4 Å². The van der Waals surface area contributed by atoms with Crippen molar-refractivity contribution in [2.75, 3.05) is 38.2 Å². The summed E-state index contributed by atoms with van der Waals surface area (Å²) in [6, 6.07) is 10.0. The molecule has 2 aliphatic heterocycles. The summed E-state index contributed by atoms with van der Waals surface area (Å²) in [4.78, 5) is 4.33. The van der Waals surface area contributed by atoms with Gasteiger partial charge < -0.3 is 20.3 Å². The molecule has 2 aromatic rings. The fourth-order valence-corrected chi connectivity index (χ4v) is 5.09. The van der Waals surface area contributed by atoms with E-state index in [1.54, 1.807) is 0 Å². The number of phenols is 2. The number of anilines is 1. The first kappa shape index (κ1) is 23.0. The summed E-state index contributed by atoms with van der Waals surface area (Å²) in [5.41, 5.74) is 8.21. The van der Waals surface area contributed by atoms with E-state index < -0.39 is 6.35 Å². The fraction of sp³-hybridized carbons (Fsp3) is 0.500. The number of piperazine rings is 1. The molecule has 2 heterocycles. The quantitative estimate of drug-likeness (QED) is 0.521. The van der Waals surface area contributed by atoms with Gasteiger partial charge in [-0.1, -0.05) is 19.9 Å². The molecule has 2 unspecified atom stereocenters. The van der Waals surface area contributed by atoms with Gasteiger partial charge in [0.05, 0.1) is 12.2 Å². The normalized spacial score (nSPS) is 22.7. The number of hydrogen-bond acceptors (Lipinski definition) is 8. The monoisotopic (exact) mass is 465 g/mol. The van der Waals surface area contributed by atoms with Crippen molar-refractivity contribution in [1.29, 1.82) is 0 Å². The average molecular weight is 466 g/mol.